The molecule has 3 nitrogen and oxygen atoms in total. The number of halogens is 1. The number of aromatic nitrogens is 1. The van der Waals surface area contributed by atoms with E-state index in [0.717, 1.165) is 15.8 Å². The van der Waals surface area contributed by atoms with Crippen LogP contribution in [0.15, 0.2) is 17.5 Å². The summed E-state index contributed by atoms with van der Waals surface area (Å²) in [7, 11) is 0. The highest BCUT2D eigenvalue weighted by Gasteiger charge is 2.12. The monoisotopic (exact) mass is 255 g/mol. The third-order valence-corrected chi connectivity index (χ3v) is 3.25. The van der Waals surface area contributed by atoms with Crippen LogP contribution in [0.3, 0.4) is 0 Å². The van der Waals surface area contributed by atoms with Crippen molar-refractivity contribution in [3.63, 3.8) is 0 Å². The lowest BCUT2D eigenvalue weighted by Gasteiger charge is -2.04. The predicted octanol–water partition coefficient (Wildman–Crippen LogP) is 3.21. The lowest BCUT2D eigenvalue weighted by atomic mass is 10.2. The predicted molar refractivity (Wildman–Crippen MR) is 65.1 cm³/mol. The molecule has 0 aliphatic heterocycles. The third kappa shape index (κ3) is 2.03. The largest absolute Gasteiger partial charge is 0.461 e. The normalized spacial score (nSPS) is 10.6. The first kappa shape index (κ1) is 11.4. The van der Waals surface area contributed by atoms with Gasteiger partial charge < -0.3 is 4.74 Å². The molecule has 0 aromatic carbocycles. The van der Waals surface area contributed by atoms with Gasteiger partial charge in [-0.2, -0.15) is 0 Å². The standard InChI is InChI=1S/C11H10ClNO2S/c1-2-15-11(14)9-5-7(6-12)8-3-4-16-10(8)13-9/h3-5H,2,6H2,1H3. The van der Waals surface area contributed by atoms with E-state index in [2.05, 4.69) is 4.98 Å². The second-order valence-electron chi connectivity index (χ2n) is 3.16. The molecule has 16 heavy (non-hydrogen) atoms. The molecule has 0 saturated heterocycles. The van der Waals surface area contributed by atoms with Crippen LogP contribution in [0.25, 0.3) is 10.2 Å². The zero-order valence-electron chi connectivity index (χ0n) is 8.70. The van der Waals surface area contributed by atoms with Crippen LogP contribution in [-0.4, -0.2) is 17.6 Å². The Labute approximate surface area is 102 Å². The molecular weight excluding hydrogens is 246 g/mol. The van der Waals surface area contributed by atoms with E-state index in [0.29, 0.717) is 18.2 Å². The average molecular weight is 256 g/mol. The van der Waals surface area contributed by atoms with Gasteiger partial charge in [0.1, 0.15) is 10.5 Å². The maximum Gasteiger partial charge on any atom is 0.356 e. The van der Waals surface area contributed by atoms with Gasteiger partial charge in [-0.25, -0.2) is 9.78 Å². The first-order valence-electron chi connectivity index (χ1n) is 4.86. The number of carbonyl (C=O) groups is 1. The topological polar surface area (TPSA) is 39.2 Å². The van der Waals surface area contributed by atoms with E-state index >= 15 is 0 Å². The number of hydrogen-bond donors (Lipinski definition) is 0. The highest BCUT2D eigenvalue weighted by atomic mass is 35.5. The summed E-state index contributed by atoms with van der Waals surface area (Å²) in [5.41, 5.74) is 1.24. The van der Waals surface area contributed by atoms with Gasteiger partial charge in [-0.3, -0.25) is 0 Å². The molecule has 0 radical (unpaired) electrons. The summed E-state index contributed by atoms with van der Waals surface area (Å²) in [5.74, 6) is -0.0357. The molecular formula is C11H10ClNO2S. The Morgan fingerprint density at radius 2 is 2.44 bits per heavy atom. The number of esters is 1. The molecule has 0 N–H and O–H groups in total. The number of pyridine rings is 1. The van der Waals surface area contributed by atoms with E-state index in [9.17, 15) is 4.79 Å². The molecule has 0 spiro atoms. The van der Waals surface area contributed by atoms with Gasteiger partial charge in [0.15, 0.2) is 0 Å². The average Bonchev–Trinajstić information content (AvgIpc) is 2.75. The molecule has 2 heterocycles. The number of alkyl halides is 1. The first-order valence-corrected chi connectivity index (χ1v) is 6.28. The van der Waals surface area contributed by atoms with Gasteiger partial charge in [0.25, 0.3) is 0 Å². The van der Waals surface area contributed by atoms with Gasteiger partial charge in [-0.1, -0.05) is 0 Å². The van der Waals surface area contributed by atoms with E-state index in [1.54, 1.807) is 13.0 Å². The molecule has 0 bridgehead atoms. The van der Waals surface area contributed by atoms with Gasteiger partial charge >= 0.3 is 5.97 Å². The number of nitrogens with zero attached hydrogens (tertiary/aromatic N) is 1. The Balaban J connectivity index is 2.51. The summed E-state index contributed by atoms with van der Waals surface area (Å²) in [4.78, 5) is 16.6. The number of rotatable bonds is 3. The molecule has 0 atom stereocenters. The maximum absolute atomic E-state index is 11.6. The lowest BCUT2D eigenvalue weighted by molar-refractivity contribution is 0.0520. The summed E-state index contributed by atoms with van der Waals surface area (Å²) in [6, 6.07) is 3.65. The van der Waals surface area contributed by atoms with Gasteiger partial charge in [-0.15, -0.1) is 22.9 Å². The van der Waals surface area contributed by atoms with Crippen LogP contribution in [0.4, 0.5) is 0 Å². The molecule has 0 amide bonds. The van der Waals surface area contributed by atoms with Crippen LogP contribution >= 0.6 is 22.9 Å². The summed E-state index contributed by atoms with van der Waals surface area (Å²) in [5, 5.41) is 2.94. The van der Waals surface area contributed by atoms with Crippen LogP contribution in [0.2, 0.25) is 0 Å². The van der Waals surface area contributed by atoms with Gasteiger partial charge in [0.2, 0.25) is 0 Å². The molecule has 2 aromatic rings. The van der Waals surface area contributed by atoms with Crippen LogP contribution in [0, 0.1) is 0 Å². The Hall–Kier alpha value is -1.13. The number of hydrogen-bond acceptors (Lipinski definition) is 4. The molecule has 2 aromatic heterocycles. The smallest absolute Gasteiger partial charge is 0.356 e. The summed E-state index contributed by atoms with van der Waals surface area (Å²) in [6.07, 6.45) is 0. The van der Waals surface area contributed by atoms with Crippen molar-refractivity contribution in [2.75, 3.05) is 6.61 Å². The lowest BCUT2D eigenvalue weighted by Crippen LogP contribution is -2.07. The third-order valence-electron chi connectivity index (χ3n) is 2.15. The van der Waals surface area contributed by atoms with Crippen molar-refractivity contribution in [3.05, 3.63) is 28.8 Å². The summed E-state index contributed by atoms with van der Waals surface area (Å²) in [6.45, 7) is 2.11. The maximum atomic E-state index is 11.6. The molecule has 0 aliphatic rings. The zero-order valence-corrected chi connectivity index (χ0v) is 10.3. The molecule has 5 heteroatoms. The van der Waals surface area contributed by atoms with Crippen molar-refractivity contribution in [3.8, 4) is 0 Å². The number of thiophene rings is 1. The molecule has 0 aliphatic carbocycles. The van der Waals surface area contributed by atoms with E-state index in [1.807, 2.05) is 11.4 Å². The highest BCUT2D eigenvalue weighted by Crippen LogP contribution is 2.24. The quantitative estimate of drug-likeness (QED) is 0.625. The molecule has 0 fully saturated rings. The van der Waals surface area contributed by atoms with Crippen LogP contribution < -0.4 is 0 Å². The van der Waals surface area contributed by atoms with E-state index in [4.69, 9.17) is 16.3 Å². The molecule has 84 valence electrons. The Morgan fingerprint density at radius 1 is 1.62 bits per heavy atom. The van der Waals surface area contributed by atoms with Crippen molar-refractivity contribution in [1.29, 1.82) is 0 Å². The van der Waals surface area contributed by atoms with Crippen LogP contribution in [-0.2, 0) is 10.6 Å². The van der Waals surface area contributed by atoms with Crippen LogP contribution in [0.5, 0.6) is 0 Å². The van der Waals surface area contributed by atoms with Crippen molar-refractivity contribution < 1.29 is 9.53 Å². The Bertz CT molecular complexity index is 524. The number of fused-ring (bicyclic) bond motifs is 1. The molecule has 2 rings (SSSR count). The van der Waals surface area contributed by atoms with Gasteiger partial charge in [0, 0.05) is 11.3 Å². The van der Waals surface area contributed by atoms with Crippen molar-refractivity contribution >= 4 is 39.1 Å². The van der Waals surface area contributed by atoms with E-state index in [-0.39, 0.29) is 0 Å². The van der Waals surface area contributed by atoms with Gasteiger partial charge in [0.05, 0.1) is 6.61 Å². The first-order chi connectivity index (χ1) is 7.76. The fraction of sp³-hybridized carbons (Fsp3) is 0.273. The van der Waals surface area contributed by atoms with Crippen molar-refractivity contribution in [1.82, 2.24) is 4.98 Å². The van der Waals surface area contributed by atoms with Crippen molar-refractivity contribution in [2.24, 2.45) is 0 Å². The number of ether oxygens (including phenoxy) is 1. The Morgan fingerprint density at radius 3 is 3.12 bits per heavy atom. The van der Waals surface area contributed by atoms with E-state index < -0.39 is 5.97 Å². The fourth-order valence-corrected chi connectivity index (χ4v) is 2.47. The number of carbonyl (C=O) groups excluding carboxylic acids is 1. The summed E-state index contributed by atoms with van der Waals surface area (Å²) >= 11 is 7.33. The second kappa shape index (κ2) is 4.80. The Kier molecular flexibility index (Phi) is 3.41. The van der Waals surface area contributed by atoms with E-state index in [1.165, 1.54) is 11.3 Å². The highest BCUT2D eigenvalue weighted by molar-refractivity contribution is 7.16. The van der Waals surface area contributed by atoms with Gasteiger partial charge in [-0.05, 0) is 30.0 Å². The molecule has 0 saturated carbocycles. The zero-order chi connectivity index (χ0) is 11.5. The van der Waals surface area contributed by atoms with Crippen LogP contribution in [0.1, 0.15) is 23.0 Å². The fourth-order valence-electron chi connectivity index (χ4n) is 1.44. The second-order valence-corrected chi connectivity index (χ2v) is 4.32. The minimum Gasteiger partial charge on any atom is -0.461 e. The SMILES string of the molecule is CCOC(=O)c1cc(CCl)c2ccsc2n1. The molecule has 0 unspecified atom stereocenters. The summed E-state index contributed by atoms with van der Waals surface area (Å²) < 4.78 is 4.91. The van der Waals surface area contributed by atoms with Crippen molar-refractivity contribution in [2.45, 2.75) is 12.8 Å². The minimum absolute atomic E-state index is 0.326. The minimum atomic E-state index is -0.399.